The van der Waals surface area contributed by atoms with E-state index in [1.54, 1.807) is 18.0 Å². The molecular weight excluding hydrogens is 717 g/mol. The van der Waals surface area contributed by atoms with Crippen LogP contribution in [-0.2, 0) is 19.1 Å². The summed E-state index contributed by atoms with van der Waals surface area (Å²) in [5, 5.41) is 19.1. The number of hydrogen-bond donors (Lipinski definition) is 4. The SMILES string of the molecule is O=C(O)CC(NC(=O)[C@H](CCSC(c1ccccc1)(c1ccccc1)c1ccccc1)NC(=O)CCCNc1ccccn1)c1ccc(-c2ccccc2)cc1. The molecule has 2 amide bonds. The topological polar surface area (TPSA) is 120 Å². The van der Waals surface area contributed by atoms with Gasteiger partial charge in [-0.1, -0.05) is 152 Å². The standard InChI is InChI=1S/C47H46N4O4S/c52-44(25-15-32-49-43-24-13-14-31-48-43)50-41(46(55)51-42(34-45(53)54)37-28-26-36(27-29-37)35-16-5-1-6-17-35)30-33-56-47(38-18-7-2-8-19-38,39-20-9-3-10-21-39)40-22-11-4-12-23-40/h1-14,16-24,26-29,31,41-42H,15,25,30,32-34H2,(H,48,49)(H,50,52)(H,51,55)(H,53,54)/t41-,42?/m0/s1. The minimum absolute atomic E-state index is 0.193. The Bertz CT molecular complexity index is 2030. The zero-order valence-corrected chi connectivity index (χ0v) is 31.9. The molecule has 56 heavy (non-hydrogen) atoms. The highest BCUT2D eigenvalue weighted by molar-refractivity contribution is 8.00. The van der Waals surface area contributed by atoms with Gasteiger partial charge in [-0.25, -0.2) is 4.98 Å². The van der Waals surface area contributed by atoms with Gasteiger partial charge in [0.05, 0.1) is 17.2 Å². The van der Waals surface area contributed by atoms with E-state index in [-0.39, 0.29) is 18.7 Å². The first kappa shape index (κ1) is 39.5. The zero-order valence-electron chi connectivity index (χ0n) is 31.1. The molecule has 0 saturated heterocycles. The molecule has 0 spiro atoms. The van der Waals surface area contributed by atoms with E-state index < -0.39 is 28.7 Å². The number of carbonyl (C=O) groups excluding carboxylic acids is 2. The molecule has 0 saturated carbocycles. The van der Waals surface area contributed by atoms with E-state index in [4.69, 9.17) is 0 Å². The lowest BCUT2D eigenvalue weighted by atomic mass is 9.84. The summed E-state index contributed by atoms with van der Waals surface area (Å²) in [7, 11) is 0. The van der Waals surface area contributed by atoms with Gasteiger partial charge in [-0.15, -0.1) is 11.8 Å². The Morgan fingerprint density at radius 3 is 1.71 bits per heavy atom. The maximum Gasteiger partial charge on any atom is 0.305 e. The molecule has 0 aliphatic carbocycles. The van der Waals surface area contributed by atoms with Crippen molar-refractivity contribution >= 4 is 35.4 Å². The molecule has 0 fully saturated rings. The van der Waals surface area contributed by atoms with E-state index in [0.29, 0.717) is 30.7 Å². The highest BCUT2D eigenvalue weighted by atomic mass is 32.2. The molecule has 284 valence electrons. The van der Waals surface area contributed by atoms with E-state index >= 15 is 0 Å². The molecular formula is C47H46N4O4S. The van der Waals surface area contributed by atoms with Gasteiger partial charge < -0.3 is 21.1 Å². The van der Waals surface area contributed by atoms with Gasteiger partial charge in [0.1, 0.15) is 11.9 Å². The summed E-state index contributed by atoms with van der Waals surface area (Å²) < 4.78 is -0.613. The molecule has 1 heterocycles. The van der Waals surface area contributed by atoms with Crippen molar-refractivity contribution in [2.75, 3.05) is 17.6 Å². The van der Waals surface area contributed by atoms with E-state index in [0.717, 1.165) is 33.6 Å². The van der Waals surface area contributed by atoms with Gasteiger partial charge in [0, 0.05) is 19.2 Å². The molecule has 0 bridgehead atoms. The number of thioether (sulfide) groups is 1. The lowest BCUT2D eigenvalue weighted by Crippen LogP contribution is -2.48. The fourth-order valence-corrected chi connectivity index (χ4v) is 8.37. The number of aliphatic carboxylic acids is 1. The summed E-state index contributed by atoms with van der Waals surface area (Å²) in [6.45, 7) is 0.532. The molecule has 0 radical (unpaired) electrons. The number of nitrogens with one attached hydrogen (secondary N) is 3. The van der Waals surface area contributed by atoms with Gasteiger partial charge in [-0.2, -0.15) is 0 Å². The maximum atomic E-state index is 14.3. The Hall–Kier alpha value is -6.19. The van der Waals surface area contributed by atoms with Crippen LogP contribution >= 0.6 is 11.8 Å². The van der Waals surface area contributed by atoms with Crippen LogP contribution in [0.5, 0.6) is 0 Å². The van der Waals surface area contributed by atoms with Gasteiger partial charge in [0.25, 0.3) is 0 Å². The number of nitrogens with zero attached hydrogens (tertiary/aromatic N) is 1. The Morgan fingerprint density at radius 1 is 0.643 bits per heavy atom. The molecule has 6 aromatic rings. The Morgan fingerprint density at radius 2 is 1.18 bits per heavy atom. The molecule has 0 aliphatic heterocycles. The third kappa shape index (κ3) is 10.5. The molecule has 1 aromatic heterocycles. The second-order valence-electron chi connectivity index (χ2n) is 13.4. The highest BCUT2D eigenvalue weighted by Gasteiger charge is 2.37. The molecule has 6 rings (SSSR count). The van der Waals surface area contributed by atoms with Crippen LogP contribution in [0.25, 0.3) is 11.1 Å². The quantitative estimate of drug-likeness (QED) is 0.0481. The first-order chi connectivity index (χ1) is 27.4. The predicted octanol–water partition coefficient (Wildman–Crippen LogP) is 8.87. The third-order valence-corrected chi connectivity index (χ3v) is 11.2. The average Bonchev–Trinajstić information content (AvgIpc) is 3.25. The van der Waals surface area contributed by atoms with Crippen LogP contribution in [0.1, 0.15) is 54.0 Å². The predicted molar refractivity (Wildman–Crippen MR) is 225 cm³/mol. The molecule has 1 unspecified atom stereocenters. The van der Waals surface area contributed by atoms with Crippen LogP contribution < -0.4 is 16.0 Å². The number of aromatic nitrogens is 1. The average molecular weight is 763 g/mol. The van der Waals surface area contributed by atoms with E-state index in [9.17, 15) is 19.5 Å². The number of pyridine rings is 1. The first-order valence-electron chi connectivity index (χ1n) is 18.8. The summed E-state index contributed by atoms with van der Waals surface area (Å²) in [5.41, 5.74) is 5.95. The van der Waals surface area contributed by atoms with Gasteiger partial charge >= 0.3 is 5.97 Å². The number of carboxylic acids is 1. The first-order valence-corrected chi connectivity index (χ1v) is 19.8. The summed E-state index contributed by atoms with van der Waals surface area (Å²) in [6, 6.07) is 52.2. The molecule has 0 aliphatic rings. The summed E-state index contributed by atoms with van der Waals surface area (Å²) in [4.78, 5) is 44.1. The van der Waals surface area contributed by atoms with Crippen LogP contribution in [0, 0.1) is 0 Å². The van der Waals surface area contributed by atoms with Crippen LogP contribution in [0.15, 0.2) is 170 Å². The van der Waals surface area contributed by atoms with Crippen molar-refractivity contribution in [3.8, 4) is 11.1 Å². The number of rotatable bonds is 19. The second kappa shape index (κ2) is 19.9. The fourth-order valence-electron chi connectivity index (χ4n) is 6.80. The molecule has 2 atom stereocenters. The van der Waals surface area contributed by atoms with Crippen molar-refractivity contribution in [1.82, 2.24) is 15.6 Å². The van der Waals surface area contributed by atoms with Crippen molar-refractivity contribution in [2.45, 2.75) is 42.5 Å². The number of benzene rings is 5. The lowest BCUT2D eigenvalue weighted by molar-refractivity contribution is -0.138. The summed E-state index contributed by atoms with van der Waals surface area (Å²) >= 11 is 1.70. The van der Waals surface area contributed by atoms with Crippen LogP contribution in [0.4, 0.5) is 5.82 Å². The van der Waals surface area contributed by atoms with Crippen LogP contribution in [0.2, 0.25) is 0 Å². The van der Waals surface area contributed by atoms with Crippen molar-refractivity contribution in [1.29, 1.82) is 0 Å². The Labute approximate surface area is 332 Å². The van der Waals surface area contributed by atoms with Crippen molar-refractivity contribution < 1.29 is 19.5 Å². The molecule has 4 N–H and O–H groups in total. The summed E-state index contributed by atoms with van der Waals surface area (Å²) in [6.07, 6.45) is 2.41. The minimum Gasteiger partial charge on any atom is -0.481 e. The number of hydrogen-bond acceptors (Lipinski definition) is 6. The zero-order chi connectivity index (χ0) is 39.0. The molecule has 8 nitrogen and oxygen atoms in total. The van der Waals surface area contributed by atoms with Crippen molar-refractivity contribution in [2.24, 2.45) is 0 Å². The van der Waals surface area contributed by atoms with Gasteiger partial charge in [0.2, 0.25) is 11.8 Å². The normalized spacial score (nSPS) is 12.2. The molecule has 5 aromatic carbocycles. The smallest absolute Gasteiger partial charge is 0.305 e. The van der Waals surface area contributed by atoms with Gasteiger partial charge in [-0.05, 0) is 64.1 Å². The van der Waals surface area contributed by atoms with E-state index in [2.05, 4.69) is 57.3 Å². The maximum absolute atomic E-state index is 14.3. The number of carbonyl (C=O) groups is 3. The fraction of sp³-hybridized carbons (Fsp3) is 0.191. The van der Waals surface area contributed by atoms with Gasteiger partial charge in [0.15, 0.2) is 0 Å². The van der Waals surface area contributed by atoms with Gasteiger partial charge in [-0.3, -0.25) is 14.4 Å². The largest absolute Gasteiger partial charge is 0.481 e. The minimum atomic E-state index is -1.04. The van der Waals surface area contributed by atoms with Crippen molar-refractivity contribution in [3.63, 3.8) is 0 Å². The lowest BCUT2D eigenvalue weighted by Gasteiger charge is -2.36. The van der Waals surface area contributed by atoms with E-state index in [1.807, 2.05) is 127 Å². The Balaban J connectivity index is 1.24. The Kier molecular flexibility index (Phi) is 14.1. The number of carboxylic acid groups (broad SMARTS) is 1. The van der Waals surface area contributed by atoms with Crippen LogP contribution in [0.3, 0.4) is 0 Å². The van der Waals surface area contributed by atoms with Crippen molar-refractivity contribution in [3.05, 3.63) is 192 Å². The summed E-state index contributed by atoms with van der Waals surface area (Å²) in [5.74, 6) is -0.526. The van der Waals surface area contributed by atoms with Crippen LogP contribution in [-0.4, -0.2) is 46.2 Å². The molecule has 9 heteroatoms. The number of amides is 2. The monoisotopic (exact) mass is 762 g/mol. The third-order valence-electron chi connectivity index (χ3n) is 9.58. The second-order valence-corrected chi connectivity index (χ2v) is 14.7. The highest BCUT2D eigenvalue weighted by Crippen LogP contribution is 2.48. The van der Waals surface area contributed by atoms with E-state index in [1.165, 1.54) is 0 Å². The number of anilines is 1.